The van der Waals surface area contributed by atoms with E-state index in [4.69, 9.17) is 4.74 Å². The van der Waals surface area contributed by atoms with Gasteiger partial charge in [0, 0.05) is 13.1 Å². The first kappa shape index (κ1) is 32.7. The molecule has 42 heavy (non-hydrogen) atoms. The molecule has 0 radical (unpaired) electrons. The summed E-state index contributed by atoms with van der Waals surface area (Å²) < 4.78 is 34.6. The van der Waals surface area contributed by atoms with Crippen LogP contribution in [0, 0.1) is 12.8 Å². The highest BCUT2D eigenvalue weighted by molar-refractivity contribution is 7.92. The van der Waals surface area contributed by atoms with E-state index in [1.54, 1.807) is 36.4 Å². The summed E-state index contributed by atoms with van der Waals surface area (Å²) in [6.45, 7) is 10.4. The Morgan fingerprint density at radius 2 is 1.55 bits per heavy atom. The SMILES string of the molecule is CCOc1ccc(N(CC(=O)N(CCc2ccccc2)[C@H](CC)C(=O)NCC(C)C)S(=O)(=O)c2ccc(C)cc2)cc1. The lowest BCUT2D eigenvalue weighted by Crippen LogP contribution is -2.53. The van der Waals surface area contributed by atoms with E-state index in [-0.39, 0.29) is 23.3 Å². The summed E-state index contributed by atoms with van der Waals surface area (Å²) in [5.74, 6) is 0.135. The van der Waals surface area contributed by atoms with Crippen LogP contribution in [0.25, 0.3) is 0 Å². The molecule has 0 spiro atoms. The number of aryl methyl sites for hydroxylation is 1. The van der Waals surface area contributed by atoms with Crippen LogP contribution in [0.15, 0.2) is 83.8 Å². The molecule has 226 valence electrons. The number of amides is 2. The lowest BCUT2D eigenvalue weighted by Gasteiger charge is -2.33. The van der Waals surface area contributed by atoms with Crippen molar-refractivity contribution >= 4 is 27.5 Å². The second kappa shape index (κ2) is 15.4. The van der Waals surface area contributed by atoms with Gasteiger partial charge < -0.3 is 15.0 Å². The fourth-order valence-electron chi connectivity index (χ4n) is 4.56. The molecule has 2 amide bonds. The molecule has 0 aromatic heterocycles. The molecule has 3 aromatic rings. The van der Waals surface area contributed by atoms with Crippen LogP contribution < -0.4 is 14.4 Å². The molecule has 0 saturated carbocycles. The summed E-state index contributed by atoms with van der Waals surface area (Å²) in [7, 11) is -4.12. The highest BCUT2D eigenvalue weighted by atomic mass is 32.2. The van der Waals surface area contributed by atoms with Gasteiger partial charge in [0.2, 0.25) is 11.8 Å². The van der Waals surface area contributed by atoms with Crippen LogP contribution in [0.1, 0.15) is 45.2 Å². The van der Waals surface area contributed by atoms with Gasteiger partial charge in [-0.15, -0.1) is 0 Å². The number of ether oxygens (including phenoxy) is 1. The molecular weight excluding hydrogens is 550 g/mol. The number of rotatable bonds is 15. The van der Waals surface area contributed by atoms with E-state index in [0.29, 0.717) is 37.4 Å². The molecule has 0 aliphatic rings. The van der Waals surface area contributed by atoms with E-state index >= 15 is 0 Å². The Hall–Kier alpha value is -3.85. The Labute approximate surface area is 250 Å². The summed E-state index contributed by atoms with van der Waals surface area (Å²) in [5, 5.41) is 2.95. The van der Waals surface area contributed by atoms with E-state index in [0.717, 1.165) is 15.4 Å². The number of hydrogen-bond acceptors (Lipinski definition) is 5. The summed E-state index contributed by atoms with van der Waals surface area (Å²) in [6, 6.07) is 22.1. The zero-order chi connectivity index (χ0) is 30.7. The second-order valence-corrected chi connectivity index (χ2v) is 12.5. The van der Waals surface area contributed by atoms with Crippen LogP contribution in [0.4, 0.5) is 5.69 Å². The number of hydrogen-bond donors (Lipinski definition) is 1. The first-order valence-corrected chi connectivity index (χ1v) is 15.9. The van der Waals surface area contributed by atoms with E-state index in [1.807, 2.05) is 65.0 Å². The van der Waals surface area contributed by atoms with Crippen LogP contribution >= 0.6 is 0 Å². The van der Waals surface area contributed by atoms with Gasteiger partial charge in [-0.3, -0.25) is 13.9 Å². The Kier molecular flexibility index (Phi) is 12.0. The van der Waals surface area contributed by atoms with Crippen LogP contribution in [-0.2, 0) is 26.0 Å². The van der Waals surface area contributed by atoms with E-state index < -0.39 is 28.5 Å². The van der Waals surface area contributed by atoms with Crippen molar-refractivity contribution in [2.75, 3.05) is 30.5 Å². The molecule has 0 unspecified atom stereocenters. The van der Waals surface area contributed by atoms with E-state index in [9.17, 15) is 18.0 Å². The molecule has 0 bridgehead atoms. The predicted molar refractivity (Wildman–Crippen MR) is 167 cm³/mol. The topological polar surface area (TPSA) is 96.0 Å². The molecule has 1 N–H and O–H groups in total. The van der Waals surface area contributed by atoms with Gasteiger partial charge in [0.1, 0.15) is 18.3 Å². The lowest BCUT2D eigenvalue weighted by atomic mass is 10.1. The number of benzene rings is 3. The number of carbonyl (C=O) groups excluding carboxylic acids is 2. The van der Waals surface area contributed by atoms with Crippen molar-refractivity contribution in [3.05, 3.63) is 90.0 Å². The molecule has 9 heteroatoms. The van der Waals surface area contributed by atoms with Crippen molar-refractivity contribution < 1.29 is 22.7 Å². The molecule has 3 aromatic carbocycles. The third-order valence-electron chi connectivity index (χ3n) is 6.88. The van der Waals surface area contributed by atoms with Crippen LogP contribution in [0.3, 0.4) is 0 Å². The van der Waals surface area contributed by atoms with Crippen molar-refractivity contribution in [1.82, 2.24) is 10.2 Å². The molecular formula is C33H43N3O5S. The maximum absolute atomic E-state index is 14.1. The summed E-state index contributed by atoms with van der Waals surface area (Å²) in [4.78, 5) is 29.0. The van der Waals surface area contributed by atoms with Crippen LogP contribution in [-0.4, -0.2) is 57.4 Å². The van der Waals surface area contributed by atoms with Crippen LogP contribution in [0.2, 0.25) is 0 Å². The smallest absolute Gasteiger partial charge is 0.264 e. The molecule has 0 fully saturated rings. The first-order chi connectivity index (χ1) is 20.1. The number of carbonyl (C=O) groups is 2. The molecule has 0 aliphatic heterocycles. The Morgan fingerprint density at radius 3 is 2.12 bits per heavy atom. The maximum atomic E-state index is 14.1. The Bertz CT molecular complexity index is 1390. The Balaban J connectivity index is 2.00. The number of sulfonamides is 1. The molecule has 3 rings (SSSR count). The fourth-order valence-corrected chi connectivity index (χ4v) is 5.97. The van der Waals surface area contributed by atoms with Gasteiger partial charge in [0.25, 0.3) is 10.0 Å². The first-order valence-electron chi connectivity index (χ1n) is 14.5. The third-order valence-corrected chi connectivity index (χ3v) is 8.67. The zero-order valence-electron chi connectivity index (χ0n) is 25.2. The lowest BCUT2D eigenvalue weighted by molar-refractivity contribution is -0.139. The number of nitrogens with zero attached hydrogens (tertiary/aromatic N) is 2. The fraction of sp³-hybridized carbons (Fsp3) is 0.394. The molecule has 0 saturated heterocycles. The van der Waals surface area contributed by atoms with Gasteiger partial charge in [0.15, 0.2) is 0 Å². The predicted octanol–water partition coefficient (Wildman–Crippen LogP) is 5.21. The van der Waals surface area contributed by atoms with Crippen molar-refractivity contribution in [1.29, 1.82) is 0 Å². The standard InChI is InChI=1S/C33H43N3O5S/c1-6-31(33(38)34-23-25(3)4)35(22-21-27-11-9-8-10-12-27)32(37)24-36(28-15-17-29(18-16-28)41-7-2)42(39,40)30-19-13-26(5)14-20-30/h8-20,25,31H,6-7,21-24H2,1-5H3,(H,34,38)/t31-/m1/s1. The summed E-state index contributed by atoms with van der Waals surface area (Å²) >= 11 is 0. The van der Waals surface area contributed by atoms with Gasteiger partial charge >= 0.3 is 0 Å². The molecule has 0 heterocycles. The van der Waals surface area contributed by atoms with Crippen molar-refractivity contribution in [2.45, 2.75) is 58.4 Å². The van der Waals surface area contributed by atoms with Gasteiger partial charge in [-0.05, 0) is 74.6 Å². The third kappa shape index (κ3) is 8.82. The average Bonchev–Trinajstić information content (AvgIpc) is 2.98. The number of anilines is 1. The van der Waals surface area contributed by atoms with Crippen LogP contribution in [0.5, 0.6) is 5.75 Å². The monoisotopic (exact) mass is 593 g/mol. The van der Waals surface area contributed by atoms with Gasteiger partial charge in [0.05, 0.1) is 17.2 Å². The normalized spacial score (nSPS) is 12.0. The van der Waals surface area contributed by atoms with Crippen molar-refractivity contribution in [2.24, 2.45) is 5.92 Å². The van der Waals surface area contributed by atoms with Gasteiger partial charge in [-0.2, -0.15) is 0 Å². The number of nitrogens with one attached hydrogen (secondary N) is 1. The van der Waals surface area contributed by atoms with Crippen molar-refractivity contribution in [3.63, 3.8) is 0 Å². The summed E-state index contributed by atoms with van der Waals surface area (Å²) in [6.07, 6.45) is 0.909. The second-order valence-electron chi connectivity index (χ2n) is 10.6. The van der Waals surface area contributed by atoms with Gasteiger partial charge in [-0.25, -0.2) is 8.42 Å². The Morgan fingerprint density at radius 1 is 0.905 bits per heavy atom. The molecule has 1 atom stereocenters. The maximum Gasteiger partial charge on any atom is 0.264 e. The minimum absolute atomic E-state index is 0.0762. The van der Waals surface area contributed by atoms with Crippen molar-refractivity contribution in [3.8, 4) is 5.75 Å². The molecule has 8 nitrogen and oxygen atoms in total. The minimum Gasteiger partial charge on any atom is -0.494 e. The zero-order valence-corrected chi connectivity index (χ0v) is 26.1. The van der Waals surface area contributed by atoms with E-state index in [2.05, 4.69) is 5.32 Å². The minimum atomic E-state index is -4.12. The molecule has 0 aliphatic carbocycles. The van der Waals surface area contributed by atoms with Gasteiger partial charge in [-0.1, -0.05) is 68.8 Å². The highest BCUT2D eigenvalue weighted by Crippen LogP contribution is 2.27. The highest BCUT2D eigenvalue weighted by Gasteiger charge is 2.33. The summed E-state index contributed by atoms with van der Waals surface area (Å²) in [5.41, 5.74) is 2.26. The largest absolute Gasteiger partial charge is 0.494 e. The average molecular weight is 594 g/mol. The quantitative estimate of drug-likeness (QED) is 0.261. The van der Waals surface area contributed by atoms with E-state index in [1.165, 1.54) is 17.0 Å².